The van der Waals surface area contributed by atoms with E-state index < -0.39 is 18.2 Å². The Morgan fingerprint density at radius 2 is 1.87 bits per heavy atom. The Kier molecular flexibility index (Phi) is 7.65. The van der Waals surface area contributed by atoms with Crippen molar-refractivity contribution in [2.45, 2.75) is 51.3 Å². The van der Waals surface area contributed by atoms with Gasteiger partial charge >= 0.3 is 12.1 Å². The van der Waals surface area contributed by atoms with Gasteiger partial charge in [0, 0.05) is 0 Å². The minimum atomic E-state index is -4.66. The molecule has 0 spiro atoms. The van der Waals surface area contributed by atoms with Gasteiger partial charge in [0.25, 0.3) is 0 Å². The molecule has 0 heterocycles. The Labute approximate surface area is 133 Å². The van der Waals surface area contributed by atoms with Crippen molar-refractivity contribution in [3.63, 3.8) is 0 Å². The quantitative estimate of drug-likeness (QED) is 0.414. The highest BCUT2D eigenvalue weighted by atomic mass is 19.4. The van der Waals surface area contributed by atoms with Gasteiger partial charge in [-0.3, -0.25) is 0 Å². The largest absolute Gasteiger partial charge is 0.508 e. The molecule has 0 radical (unpaired) electrons. The highest BCUT2D eigenvalue weighted by molar-refractivity contribution is 5.89. The second kappa shape index (κ2) is 9.22. The molecule has 6 heteroatoms. The maximum Gasteiger partial charge on any atom is 0.429 e. The Bertz CT molecular complexity index is 507. The molecule has 0 saturated carbocycles. The topological polar surface area (TPSA) is 46.5 Å². The van der Waals surface area contributed by atoms with Gasteiger partial charge in [0.2, 0.25) is 6.10 Å². The number of esters is 1. The molecule has 0 aliphatic heterocycles. The van der Waals surface area contributed by atoms with Crippen LogP contribution in [0.1, 0.15) is 49.4 Å². The van der Waals surface area contributed by atoms with Crippen molar-refractivity contribution in [3.8, 4) is 5.75 Å². The maximum absolute atomic E-state index is 12.9. The van der Waals surface area contributed by atoms with Crippen LogP contribution in [0.4, 0.5) is 13.2 Å². The molecule has 1 aromatic carbocycles. The van der Waals surface area contributed by atoms with Gasteiger partial charge in [-0.15, -0.1) is 0 Å². The van der Waals surface area contributed by atoms with Gasteiger partial charge in [-0.05, 0) is 43.2 Å². The summed E-state index contributed by atoms with van der Waals surface area (Å²) >= 11 is 0. The number of ether oxygens (including phenoxy) is 1. The predicted octanol–water partition coefficient (Wildman–Crippen LogP) is 5.01. The number of benzene rings is 1. The maximum atomic E-state index is 12.9. The van der Waals surface area contributed by atoms with E-state index in [0.29, 0.717) is 6.42 Å². The SMILES string of the molecule is CCCCCC/C=C/C(OC(=O)c1ccc(O)cc1)C(F)(F)F. The number of unbranched alkanes of at least 4 members (excludes halogenated alkanes) is 4. The number of aromatic hydroxyl groups is 1. The zero-order valence-corrected chi connectivity index (χ0v) is 13.0. The van der Waals surface area contributed by atoms with Gasteiger partial charge in [0.05, 0.1) is 5.56 Å². The number of phenolic OH excluding ortho intramolecular Hbond substituents is 1. The molecule has 1 N–H and O–H groups in total. The zero-order valence-electron chi connectivity index (χ0n) is 13.0. The number of hydrogen-bond acceptors (Lipinski definition) is 3. The molecule has 0 aromatic heterocycles. The number of phenols is 1. The second-order valence-electron chi connectivity index (χ2n) is 5.19. The molecule has 0 bridgehead atoms. The Balaban J connectivity index is 2.62. The normalized spacial score (nSPS) is 13.2. The van der Waals surface area contributed by atoms with Crippen molar-refractivity contribution in [1.82, 2.24) is 0 Å². The van der Waals surface area contributed by atoms with E-state index in [9.17, 15) is 18.0 Å². The van der Waals surface area contributed by atoms with E-state index in [1.165, 1.54) is 30.3 Å². The van der Waals surface area contributed by atoms with Crippen molar-refractivity contribution >= 4 is 5.97 Å². The zero-order chi connectivity index (χ0) is 17.3. The summed E-state index contributed by atoms with van der Waals surface area (Å²) in [6.07, 6.45) is -0.259. The highest BCUT2D eigenvalue weighted by Gasteiger charge is 2.41. The number of rotatable bonds is 8. The van der Waals surface area contributed by atoms with E-state index in [0.717, 1.165) is 31.8 Å². The molecule has 23 heavy (non-hydrogen) atoms. The van der Waals surface area contributed by atoms with Crippen LogP contribution in [0.3, 0.4) is 0 Å². The first-order valence-corrected chi connectivity index (χ1v) is 7.58. The Morgan fingerprint density at radius 3 is 2.43 bits per heavy atom. The van der Waals surface area contributed by atoms with Gasteiger partial charge < -0.3 is 9.84 Å². The molecule has 1 aromatic rings. The van der Waals surface area contributed by atoms with E-state index in [1.54, 1.807) is 0 Å². The smallest absolute Gasteiger partial charge is 0.429 e. The van der Waals surface area contributed by atoms with E-state index in [-0.39, 0.29) is 11.3 Å². The van der Waals surface area contributed by atoms with Gasteiger partial charge in [0.1, 0.15) is 5.75 Å². The van der Waals surface area contributed by atoms with Crippen LogP contribution in [0.25, 0.3) is 0 Å². The van der Waals surface area contributed by atoms with Gasteiger partial charge in [-0.1, -0.05) is 32.3 Å². The first-order chi connectivity index (χ1) is 10.8. The van der Waals surface area contributed by atoms with Gasteiger partial charge in [0.15, 0.2) is 0 Å². The molecule has 0 aliphatic carbocycles. The van der Waals surface area contributed by atoms with Crippen molar-refractivity contribution in [1.29, 1.82) is 0 Å². The highest BCUT2D eigenvalue weighted by Crippen LogP contribution is 2.25. The van der Waals surface area contributed by atoms with Crippen LogP contribution >= 0.6 is 0 Å². The van der Waals surface area contributed by atoms with Crippen LogP contribution in [0, 0.1) is 0 Å². The number of carbonyl (C=O) groups is 1. The molecular weight excluding hydrogens is 309 g/mol. The number of carbonyl (C=O) groups excluding carboxylic acids is 1. The van der Waals surface area contributed by atoms with Gasteiger partial charge in [-0.25, -0.2) is 4.79 Å². The standard InChI is InChI=1S/C17H21F3O3/c1-2-3-4-5-6-7-8-15(17(18,19)20)23-16(22)13-9-11-14(21)12-10-13/h7-12,15,21H,2-6H2,1H3/b8-7+. The summed E-state index contributed by atoms with van der Waals surface area (Å²) in [6.45, 7) is 2.05. The van der Waals surface area contributed by atoms with Crippen LogP contribution in [0.15, 0.2) is 36.4 Å². The lowest BCUT2D eigenvalue weighted by Crippen LogP contribution is -2.32. The fraction of sp³-hybridized carbons (Fsp3) is 0.471. The lowest BCUT2D eigenvalue weighted by Gasteiger charge is -2.17. The minimum Gasteiger partial charge on any atom is -0.508 e. The van der Waals surface area contributed by atoms with E-state index in [4.69, 9.17) is 5.11 Å². The third-order valence-electron chi connectivity index (χ3n) is 3.19. The van der Waals surface area contributed by atoms with E-state index in [1.807, 2.05) is 0 Å². The number of allylic oxidation sites excluding steroid dienone is 1. The van der Waals surface area contributed by atoms with Crippen LogP contribution in [-0.2, 0) is 4.74 Å². The average Bonchev–Trinajstić information content (AvgIpc) is 2.49. The fourth-order valence-corrected chi connectivity index (χ4v) is 1.90. The van der Waals surface area contributed by atoms with Crippen molar-refractivity contribution in [3.05, 3.63) is 42.0 Å². The molecule has 3 nitrogen and oxygen atoms in total. The summed E-state index contributed by atoms with van der Waals surface area (Å²) in [5.41, 5.74) is -0.0478. The molecule has 0 saturated heterocycles. The lowest BCUT2D eigenvalue weighted by molar-refractivity contribution is -0.189. The van der Waals surface area contributed by atoms with Gasteiger partial charge in [-0.2, -0.15) is 13.2 Å². The minimum absolute atomic E-state index is 0.0478. The van der Waals surface area contributed by atoms with Crippen molar-refractivity contribution < 1.29 is 27.8 Å². The summed E-state index contributed by atoms with van der Waals surface area (Å²) in [6, 6.07) is 4.84. The number of halogens is 3. The monoisotopic (exact) mass is 330 g/mol. The summed E-state index contributed by atoms with van der Waals surface area (Å²) in [4.78, 5) is 11.7. The Hall–Kier alpha value is -1.98. The molecular formula is C17H21F3O3. The average molecular weight is 330 g/mol. The molecule has 1 rings (SSSR count). The van der Waals surface area contributed by atoms with Crippen LogP contribution in [0.2, 0.25) is 0 Å². The van der Waals surface area contributed by atoms with Crippen LogP contribution in [0.5, 0.6) is 5.75 Å². The number of alkyl halides is 3. The Morgan fingerprint density at radius 1 is 1.22 bits per heavy atom. The second-order valence-corrected chi connectivity index (χ2v) is 5.19. The predicted molar refractivity (Wildman–Crippen MR) is 81.3 cm³/mol. The third-order valence-corrected chi connectivity index (χ3v) is 3.19. The molecule has 0 fully saturated rings. The molecule has 1 atom stereocenters. The first kappa shape index (κ1) is 19.1. The summed E-state index contributed by atoms with van der Waals surface area (Å²) in [5.74, 6) is -1.16. The van der Waals surface area contributed by atoms with E-state index in [2.05, 4.69) is 11.7 Å². The fourth-order valence-electron chi connectivity index (χ4n) is 1.90. The summed E-state index contributed by atoms with van der Waals surface area (Å²) in [7, 11) is 0. The molecule has 128 valence electrons. The van der Waals surface area contributed by atoms with Crippen LogP contribution in [-0.4, -0.2) is 23.4 Å². The van der Waals surface area contributed by atoms with Crippen molar-refractivity contribution in [2.75, 3.05) is 0 Å². The number of hydrogen-bond donors (Lipinski definition) is 1. The third kappa shape index (κ3) is 7.21. The van der Waals surface area contributed by atoms with Crippen LogP contribution < -0.4 is 0 Å². The first-order valence-electron chi connectivity index (χ1n) is 7.58. The van der Waals surface area contributed by atoms with Crippen molar-refractivity contribution in [2.24, 2.45) is 0 Å². The summed E-state index contributed by atoms with van der Waals surface area (Å²) < 4.78 is 43.3. The molecule has 1 unspecified atom stereocenters. The molecule has 0 amide bonds. The lowest BCUT2D eigenvalue weighted by atomic mass is 10.1. The van der Waals surface area contributed by atoms with E-state index >= 15 is 0 Å². The molecule has 0 aliphatic rings. The summed E-state index contributed by atoms with van der Waals surface area (Å²) in [5, 5.41) is 9.11.